The molecule has 21 heavy (non-hydrogen) atoms. The first-order valence-corrected chi connectivity index (χ1v) is 8.91. The normalized spacial score (nSPS) is 13.0. The van der Waals surface area contributed by atoms with Crippen LogP contribution in [0.25, 0.3) is 10.9 Å². The van der Waals surface area contributed by atoms with Gasteiger partial charge in [0.1, 0.15) is 0 Å². The quantitative estimate of drug-likeness (QED) is 0.641. The van der Waals surface area contributed by atoms with Gasteiger partial charge < -0.3 is 9.88 Å². The summed E-state index contributed by atoms with van der Waals surface area (Å²) in [5.41, 5.74) is 2.64. The molecule has 0 spiro atoms. The number of benzene rings is 1. The number of fused-ring (bicyclic) bond motifs is 1. The maximum absolute atomic E-state index is 3.72. The number of nitrogens with one attached hydrogen (secondary N) is 1. The van der Waals surface area contributed by atoms with Crippen molar-refractivity contribution in [2.75, 3.05) is 6.54 Å². The van der Waals surface area contributed by atoms with Crippen LogP contribution in [0.5, 0.6) is 0 Å². The van der Waals surface area contributed by atoms with Crippen LogP contribution in [-0.4, -0.2) is 17.2 Å². The van der Waals surface area contributed by atoms with Gasteiger partial charge >= 0.3 is 0 Å². The number of hydrogen-bond acceptors (Lipinski definition) is 1. The molecule has 2 rings (SSSR count). The van der Waals surface area contributed by atoms with Crippen LogP contribution < -0.4 is 5.32 Å². The molecular weight excluding hydrogens is 324 g/mol. The van der Waals surface area contributed by atoms with E-state index in [-0.39, 0.29) is 0 Å². The highest BCUT2D eigenvalue weighted by molar-refractivity contribution is 9.10. The van der Waals surface area contributed by atoms with Gasteiger partial charge in [-0.3, -0.25) is 0 Å². The first-order chi connectivity index (χ1) is 10.1. The summed E-state index contributed by atoms with van der Waals surface area (Å²) in [6.07, 6.45) is 5.26. The van der Waals surface area contributed by atoms with Crippen LogP contribution in [0.3, 0.4) is 0 Å². The Kier molecular flexibility index (Phi) is 6.31. The summed E-state index contributed by atoms with van der Waals surface area (Å²) >= 11 is 3.72. The fourth-order valence-corrected chi connectivity index (χ4v) is 3.45. The lowest BCUT2D eigenvalue weighted by Crippen LogP contribution is -2.29. The van der Waals surface area contributed by atoms with Crippen LogP contribution in [0, 0.1) is 6.92 Å². The Labute approximate surface area is 137 Å². The second-order valence-electron chi connectivity index (χ2n) is 5.92. The van der Waals surface area contributed by atoms with Crippen LogP contribution in [-0.2, 0) is 6.54 Å². The Morgan fingerprint density at radius 1 is 1.24 bits per heavy atom. The molecule has 0 aliphatic rings. The van der Waals surface area contributed by atoms with Gasteiger partial charge in [0.2, 0.25) is 0 Å². The van der Waals surface area contributed by atoms with Crippen molar-refractivity contribution in [3.63, 3.8) is 0 Å². The topological polar surface area (TPSA) is 17.0 Å². The molecular formula is C18H27BrN2. The Morgan fingerprint density at radius 3 is 2.76 bits per heavy atom. The summed E-state index contributed by atoms with van der Waals surface area (Å²) in [5.74, 6) is 0. The van der Waals surface area contributed by atoms with Crippen molar-refractivity contribution in [2.45, 2.75) is 59.0 Å². The van der Waals surface area contributed by atoms with E-state index in [2.05, 4.69) is 70.9 Å². The molecule has 0 fully saturated rings. The predicted molar refractivity (Wildman–Crippen MR) is 96.0 cm³/mol. The van der Waals surface area contributed by atoms with Crippen molar-refractivity contribution in [1.82, 2.24) is 9.88 Å². The molecule has 0 saturated heterocycles. The number of nitrogens with zero attached hydrogens (tertiary/aromatic N) is 1. The van der Waals surface area contributed by atoms with Gasteiger partial charge in [0.05, 0.1) is 0 Å². The largest absolute Gasteiger partial charge is 0.342 e. The second-order valence-corrected chi connectivity index (χ2v) is 6.71. The minimum atomic E-state index is 0.613. The van der Waals surface area contributed by atoms with E-state index in [1.165, 1.54) is 46.8 Å². The van der Waals surface area contributed by atoms with Crippen molar-refractivity contribution < 1.29 is 0 Å². The third kappa shape index (κ3) is 4.10. The number of halogens is 1. The van der Waals surface area contributed by atoms with Gasteiger partial charge in [-0.25, -0.2) is 0 Å². The van der Waals surface area contributed by atoms with Gasteiger partial charge in [-0.1, -0.05) is 44.4 Å². The zero-order valence-electron chi connectivity index (χ0n) is 13.5. The van der Waals surface area contributed by atoms with Gasteiger partial charge in [-0.05, 0) is 42.3 Å². The molecule has 3 heteroatoms. The molecule has 0 aliphatic heterocycles. The summed E-state index contributed by atoms with van der Waals surface area (Å²) in [7, 11) is 0. The van der Waals surface area contributed by atoms with Crippen LogP contribution in [0.1, 0.15) is 45.2 Å². The summed E-state index contributed by atoms with van der Waals surface area (Å²) < 4.78 is 3.64. The Hall–Kier alpha value is -0.800. The van der Waals surface area contributed by atoms with Crippen LogP contribution >= 0.6 is 15.9 Å². The van der Waals surface area contributed by atoms with E-state index in [9.17, 15) is 0 Å². The summed E-state index contributed by atoms with van der Waals surface area (Å²) in [4.78, 5) is 0. The standard InChI is InChI=1S/C18H27BrN2/c1-4-5-6-9-14(2)20-12-13-21-15(3)18(19)16-10-7-8-11-17(16)21/h7-8,10-11,14,20H,4-6,9,12-13H2,1-3H3. The van der Waals surface area contributed by atoms with E-state index in [1.54, 1.807) is 0 Å². The van der Waals surface area contributed by atoms with Crippen molar-refractivity contribution >= 4 is 26.8 Å². The molecule has 1 aromatic heterocycles. The molecule has 1 atom stereocenters. The first kappa shape index (κ1) is 16.6. The molecule has 1 aromatic carbocycles. The molecule has 0 amide bonds. The third-order valence-corrected chi connectivity index (χ3v) is 5.22. The average Bonchev–Trinajstić information content (AvgIpc) is 2.73. The zero-order valence-corrected chi connectivity index (χ0v) is 15.0. The van der Waals surface area contributed by atoms with E-state index < -0.39 is 0 Å². The molecule has 116 valence electrons. The minimum absolute atomic E-state index is 0.613. The Bertz CT molecular complexity index is 574. The van der Waals surface area contributed by atoms with Crippen molar-refractivity contribution in [3.05, 3.63) is 34.4 Å². The highest BCUT2D eigenvalue weighted by atomic mass is 79.9. The van der Waals surface area contributed by atoms with Crippen molar-refractivity contribution in [2.24, 2.45) is 0 Å². The van der Waals surface area contributed by atoms with Crippen LogP contribution in [0.4, 0.5) is 0 Å². The van der Waals surface area contributed by atoms with Gasteiger partial charge in [-0.2, -0.15) is 0 Å². The molecule has 0 aliphatic carbocycles. The number of unbranched alkanes of at least 4 members (excludes halogenated alkanes) is 2. The molecule has 0 bridgehead atoms. The second kappa shape index (κ2) is 8.00. The predicted octanol–water partition coefficient (Wildman–Crippen LogP) is 5.27. The lowest BCUT2D eigenvalue weighted by molar-refractivity contribution is 0.471. The van der Waals surface area contributed by atoms with Gasteiger partial charge in [0, 0.05) is 40.2 Å². The smallest absolute Gasteiger partial charge is 0.0494 e. The summed E-state index contributed by atoms with van der Waals surface area (Å²) in [5, 5.41) is 4.97. The highest BCUT2D eigenvalue weighted by Gasteiger charge is 2.11. The monoisotopic (exact) mass is 350 g/mol. The van der Waals surface area contributed by atoms with Crippen LogP contribution in [0.15, 0.2) is 28.7 Å². The lowest BCUT2D eigenvalue weighted by atomic mass is 10.1. The highest BCUT2D eigenvalue weighted by Crippen LogP contribution is 2.30. The fraction of sp³-hybridized carbons (Fsp3) is 0.556. The molecule has 1 unspecified atom stereocenters. The van der Waals surface area contributed by atoms with E-state index in [4.69, 9.17) is 0 Å². The molecule has 2 aromatic rings. The van der Waals surface area contributed by atoms with Gasteiger partial charge in [-0.15, -0.1) is 0 Å². The fourth-order valence-electron chi connectivity index (χ4n) is 2.90. The molecule has 0 radical (unpaired) electrons. The van der Waals surface area contributed by atoms with E-state index in [0.717, 1.165) is 13.1 Å². The average molecular weight is 351 g/mol. The van der Waals surface area contributed by atoms with Crippen molar-refractivity contribution in [3.8, 4) is 0 Å². The summed E-state index contributed by atoms with van der Waals surface area (Å²) in [6, 6.07) is 9.22. The van der Waals surface area contributed by atoms with Gasteiger partial charge in [0.15, 0.2) is 0 Å². The third-order valence-electron chi connectivity index (χ3n) is 4.22. The molecule has 1 N–H and O–H groups in total. The van der Waals surface area contributed by atoms with Gasteiger partial charge in [0.25, 0.3) is 0 Å². The summed E-state index contributed by atoms with van der Waals surface area (Å²) in [6.45, 7) is 8.80. The number of rotatable bonds is 8. The molecule has 1 heterocycles. The Morgan fingerprint density at radius 2 is 2.00 bits per heavy atom. The SMILES string of the molecule is CCCCCC(C)NCCn1c(C)c(Br)c2ccccc21. The lowest BCUT2D eigenvalue weighted by Gasteiger charge is -2.15. The number of para-hydroxylation sites is 1. The molecule has 0 saturated carbocycles. The van der Waals surface area contributed by atoms with E-state index in [1.807, 2.05) is 0 Å². The minimum Gasteiger partial charge on any atom is -0.342 e. The van der Waals surface area contributed by atoms with E-state index in [0.29, 0.717) is 6.04 Å². The number of hydrogen-bond donors (Lipinski definition) is 1. The van der Waals surface area contributed by atoms with Crippen molar-refractivity contribution in [1.29, 1.82) is 0 Å². The number of aromatic nitrogens is 1. The maximum atomic E-state index is 3.72. The Balaban J connectivity index is 1.93. The maximum Gasteiger partial charge on any atom is 0.0494 e. The first-order valence-electron chi connectivity index (χ1n) is 8.11. The molecule has 2 nitrogen and oxygen atoms in total. The van der Waals surface area contributed by atoms with E-state index >= 15 is 0 Å². The zero-order chi connectivity index (χ0) is 15.2. The van der Waals surface area contributed by atoms with Crippen LogP contribution in [0.2, 0.25) is 0 Å².